The van der Waals surface area contributed by atoms with E-state index in [9.17, 15) is 0 Å². The van der Waals surface area contributed by atoms with Crippen LogP contribution in [-0.4, -0.2) is 19.1 Å². The number of pyridine rings is 1. The Hall–Kier alpha value is -6.14. The second-order valence-corrected chi connectivity index (χ2v) is 10.8. The Labute approximate surface area is 252 Å². The van der Waals surface area contributed by atoms with Crippen molar-refractivity contribution in [2.75, 3.05) is 4.90 Å². The molecule has 5 aromatic carbocycles. The summed E-state index contributed by atoms with van der Waals surface area (Å²) in [5.41, 5.74) is 7.89. The Balaban J connectivity index is 1.34. The molecule has 4 heterocycles. The molecule has 9 aromatic rings. The first-order chi connectivity index (χ1) is 21.8. The number of furan rings is 1. The van der Waals surface area contributed by atoms with Crippen molar-refractivity contribution < 1.29 is 4.42 Å². The molecular weight excluding hydrogens is 542 g/mol. The minimum absolute atomic E-state index is 0.840. The fraction of sp³-hybridized carbons (Fsp3) is 0. The van der Waals surface area contributed by atoms with E-state index in [0.717, 1.165) is 61.5 Å². The van der Waals surface area contributed by atoms with Crippen molar-refractivity contribution in [3.05, 3.63) is 152 Å². The molecule has 0 unspecified atom stereocenters. The van der Waals surface area contributed by atoms with Crippen molar-refractivity contribution in [3.63, 3.8) is 0 Å². The summed E-state index contributed by atoms with van der Waals surface area (Å²) in [5, 5.41) is 4.54. The number of fused-ring (bicyclic) bond motifs is 6. The number of anilines is 3. The average Bonchev–Trinajstić information content (AvgIpc) is 3.82. The van der Waals surface area contributed by atoms with Crippen molar-refractivity contribution in [2.45, 2.75) is 0 Å². The molecule has 9 rings (SSSR count). The minimum atomic E-state index is 0.840. The lowest BCUT2D eigenvalue weighted by molar-refractivity contribution is 0.669. The molecule has 6 nitrogen and oxygen atoms in total. The summed E-state index contributed by atoms with van der Waals surface area (Å²) < 4.78 is 10.8. The smallest absolute Gasteiger partial charge is 0.159 e. The number of hydrogen-bond acceptors (Lipinski definition) is 4. The van der Waals surface area contributed by atoms with Gasteiger partial charge in [0.2, 0.25) is 0 Å². The van der Waals surface area contributed by atoms with Gasteiger partial charge in [-0.2, -0.15) is 0 Å². The summed E-state index contributed by atoms with van der Waals surface area (Å²) in [4.78, 5) is 11.3. The van der Waals surface area contributed by atoms with Gasteiger partial charge in [-0.15, -0.1) is 0 Å². The Morgan fingerprint density at radius 3 is 2.27 bits per heavy atom. The molecule has 0 N–H and O–H groups in total. The first-order valence-electron chi connectivity index (χ1n) is 14.6. The maximum atomic E-state index is 6.57. The van der Waals surface area contributed by atoms with Gasteiger partial charge in [-0.3, -0.25) is 4.57 Å². The van der Waals surface area contributed by atoms with E-state index in [4.69, 9.17) is 9.40 Å². The number of rotatable bonds is 5. The summed E-state index contributed by atoms with van der Waals surface area (Å²) in [6.07, 6.45) is 7.42. The number of para-hydroxylation sites is 3. The van der Waals surface area contributed by atoms with Crippen molar-refractivity contribution in [3.8, 4) is 11.5 Å². The lowest BCUT2D eigenvalue weighted by Gasteiger charge is -2.26. The molecule has 6 heteroatoms. The van der Waals surface area contributed by atoms with Crippen molar-refractivity contribution in [1.82, 2.24) is 19.1 Å². The van der Waals surface area contributed by atoms with E-state index < -0.39 is 0 Å². The van der Waals surface area contributed by atoms with Crippen LogP contribution in [0.4, 0.5) is 17.1 Å². The van der Waals surface area contributed by atoms with Gasteiger partial charge in [0.15, 0.2) is 5.58 Å². The van der Waals surface area contributed by atoms with E-state index in [-0.39, 0.29) is 0 Å². The van der Waals surface area contributed by atoms with E-state index in [1.54, 1.807) is 6.20 Å². The van der Waals surface area contributed by atoms with Gasteiger partial charge in [0.1, 0.15) is 11.4 Å². The van der Waals surface area contributed by atoms with Crippen LogP contribution in [0.2, 0.25) is 0 Å². The largest absolute Gasteiger partial charge is 0.454 e. The van der Waals surface area contributed by atoms with E-state index in [1.165, 1.54) is 10.8 Å². The van der Waals surface area contributed by atoms with Crippen LogP contribution in [0.25, 0.3) is 55.2 Å². The highest BCUT2D eigenvalue weighted by Gasteiger charge is 2.21. The highest BCUT2D eigenvalue weighted by atomic mass is 16.3. The summed E-state index contributed by atoms with van der Waals surface area (Å²) in [5.74, 6) is 0.879. The van der Waals surface area contributed by atoms with Gasteiger partial charge in [0.05, 0.1) is 23.0 Å². The minimum Gasteiger partial charge on any atom is -0.454 e. The second-order valence-electron chi connectivity index (χ2n) is 10.8. The Kier molecular flexibility index (Phi) is 5.40. The van der Waals surface area contributed by atoms with Crippen LogP contribution in [0.1, 0.15) is 0 Å². The van der Waals surface area contributed by atoms with Crippen molar-refractivity contribution in [1.29, 1.82) is 0 Å². The van der Waals surface area contributed by atoms with E-state index in [0.29, 0.717) is 0 Å². The average molecular weight is 568 g/mol. The van der Waals surface area contributed by atoms with Crippen molar-refractivity contribution in [2.24, 2.45) is 0 Å². The lowest BCUT2D eigenvalue weighted by Crippen LogP contribution is -2.11. The lowest BCUT2D eigenvalue weighted by atomic mass is 10.1. The standard InChI is InChI=1S/C38H25N5O/c1-3-14-33-29(11-1)30-19-18-28(24-35(30)43(33)37-17-5-6-20-40-37)42(27-10-7-9-26(23-27)41-22-21-39-25-41)34-15-8-13-32-31-12-2-4-16-36(31)44-38(32)34/h1-25H. The van der Waals surface area contributed by atoms with Crippen LogP contribution >= 0.6 is 0 Å². The predicted molar refractivity (Wildman–Crippen MR) is 178 cm³/mol. The normalized spacial score (nSPS) is 11.6. The number of imidazole rings is 1. The van der Waals surface area contributed by atoms with Crippen LogP contribution in [0.5, 0.6) is 0 Å². The molecule has 0 amide bonds. The molecule has 0 atom stereocenters. The van der Waals surface area contributed by atoms with Gasteiger partial charge in [0.25, 0.3) is 0 Å². The fourth-order valence-corrected chi connectivity index (χ4v) is 6.37. The molecular formula is C38H25N5O. The van der Waals surface area contributed by atoms with Crippen LogP contribution in [0.3, 0.4) is 0 Å². The SMILES string of the molecule is c1ccc(-n2c3ccccc3c3ccc(N(c4cccc(-n5ccnc5)c4)c4cccc5c4oc4ccccc45)cc32)nc1. The van der Waals surface area contributed by atoms with Gasteiger partial charge < -0.3 is 13.9 Å². The Morgan fingerprint density at radius 1 is 0.591 bits per heavy atom. The molecule has 44 heavy (non-hydrogen) atoms. The van der Waals surface area contributed by atoms with Gasteiger partial charge in [-0.1, -0.05) is 66.7 Å². The van der Waals surface area contributed by atoms with Crippen LogP contribution < -0.4 is 4.90 Å². The summed E-state index contributed by atoms with van der Waals surface area (Å²) in [7, 11) is 0. The van der Waals surface area contributed by atoms with Gasteiger partial charge in [0, 0.05) is 57.2 Å². The highest BCUT2D eigenvalue weighted by molar-refractivity contribution is 6.12. The highest BCUT2D eigenvalue weighted by Crippen LogP contribution is 2.44. The van der Waals surface area contributed by atoms with E-state index in [1.807, 2.05) is 47.6 Å². The number of benzene rings is 5. The Morgan fingerprint density at radius 2 is 1.39 bits per heavy atom. The first kappa shape index (κ1) is 24.5. The number of hydrogen-bond donors (Lipinski definition) is 0. The quantitative estimate of drug-likeness (QED) is 0.208. The Bertz CT molecular complexity index is 2460. The maximum Gasteiger partial charge on any atom is 0.159 e. The molecule has 0 saturated heterocycles. The molecule has 4 aromatic heterocycles. The van der Waals surface area contributed by atoms with E-state index in [2.05, 4.69) is 118 Å². The van der Waals surface area contributed by atoms with Crippen LogP contribution in [0, 0.1) is 0 Å². The molecule has 0 radical (unpaired) electrons. The van der Waals surface area contributed by atoms with E-state index >= 15 is 0 Å². The molecule has 0 fully saturated rings. The number of aromatic nitrogens is 4. The summed E-state index contributed by atoms with van der Waals surface area (Å²) in [6.45, 7) is 0. The summed E-state index contributed by atoms with van der Waals surface area (Å²) in [6, 6.07) is 44.3. The molecule has 0 spiro atoms. The molecule has 0 bridgehead atoms. The van der Waals surface area contributed by atoms with Crippen LogP contribution in [0.15, 0.2) is 157 Å². The molecule has 0 aliphatic heterocycles. The summed E-state index contributed by atoms with van der Waals surface area (Å²) >= 11 is 0. The fourth-order valence-electron chi connectivity index (χ4n) is 6.37. The third-order valence-corrected chi connectivity index (χ3v) is 8.31. The zero-order chi connectivity index (χ0) is 29.0. The maximum absolute atomic E-state index is 6.57. The zero-order valence-electron chi connectivity index (χ0n) is 23.6. The van der Waals surface area contributed by atoms with Gasteiger partial charge >= 0.3 is 0 Å². The molecule has 208 valence electrons. The first-order valence-corrected chi connectivity index (χ1v) is 14.6. The third kappa shape index (κ3) is 3.75. The van der Waals surface area contributed by atoms with Crippen LogP contribution in [-0.2, 0) is 0 Å². The van der Waals surface area contributed by atoms with Gasteiger partial charge in [-0.25, -0.2) is 9.97 Å². The molecule has 0 aliphatic carbocycles. The molecule has 0 saturated carbocycles. The topological polar surface area (TPSA) is 52.0 Å². The predicted octanol–water partition coefficient (Wildman–Crippen LogP) is 9.73. The zero-order valence-corrected chi connectivity index (χ0v) is 23.6. The third-order valence-electron chi connectivity index (χ3n) is 8.31. The second kappa shape index (κ2) is 9.71. The number of nitrogens with zero attached hydrogens (tertiary/aromatic N) is 5. The molecule has 0 aliphatic rings. The van der Waals surface area contributed by atoms with Gasteiger partial charge in [-0.05, 0) is 60.7 Å². The van der Waals surface area contributed by atoms with Crippen molar-refractivity contribution >= 4 is 60.8 Å². The monoisotopic (exact) mass is 567 g/mol.